The quantitative estimate of drug-likeness (QED) is 0.271. The van der Waals surface area contributed by atoms with E-state index in [0.717, 1.165) is 18.2 Å². The van der Waals surface area contributed by atoms with Gasteiger partial charge in [0.05, 0.1) is 0 Å². The van der Waals surface area contributed by atoms with Crippen molar-refractivity contribution in [1.82, 2.24) is 5.32 Å². The zero-order valence-electron chi connectivity index (χ0n) is 10.2. The summed E-state index contributed by atoms with van der Waals surface area (Å²) in [5.41, 5.74) is -1.46. The fourth-order valence-electron chi connectivity index (χ4n) is 1.49. The Kier molecular flexibility index (Phi) is 6.38. The normalized spacial score (nSPS) is 10.7. The van der Waals surface area contributed by atoms with E-state index in [4.69, 9.17) is 0 Å². The maximum Gasteiger partial charge on any atom is 0.257 e. The Morgan fingerprint density at radius 3 is 1.85 bits per heavy atom. The van der Waals surface area contributed by atoms with E-state index < -0.39 is 40.6 Å². The number of carbonyl (C=O) groups excluding carboxylic acids is 1. The lowest BCUT2D eigenvalue weighted by molar-refractivity contribution is 0.0941. The summed E-state index contributed by atoms with van der Waals surface area (Å²) < 4.78 is 65.2. The Labute approximate surface area is 120 Å². The molecule has 1 aromatic rings. The van der Waals surface area contributed by atoms with Crippen molar-refractivity contribution in [2.24, 2.45) is 0 Å². The molecule has 0 spiro atoms. The molecule has 1 amide bonds. The summed E-state index contributed by atoms with van der Waals surface area (Å²) in [7, 11) is 0. The Bertz CT molecular complexity index is 480. The minimum Gasteiger partial charge on any atom is -0.352 e. The molecule has 0 aliphatic carbocycles. The molecule has 1 aromatic carbocycles. The fourth-order valence-corrected chi connectivity index (χ4v) is 1.89. The predicted molar refractivity (Wildman–Crippen MR) is 66.2 cm³/mol. The second-order valence-corrected chi connectivity index (χ2v) is 4.74. The second kappa shape index (κ2) is 7.56. The van der Waals surface area contributed by atoms with Crippen LogP contribution in [0.4, 0.5) is 22.0 Å². The van der Waals surface area contributed by atoms with Gasteiger partial charge >= 0.3 is 0 Å². The Morgan fingerprint density at radius 1 is 0.850 bits per heavy atom. The number of halogens is 6. The van der Waals surface area contributed by atoms with Gasteiger partial charge in [-0.2, -0.15) is 0 Å². The van der Waals surface area contributed by atoms with Crippen LogP contribution in [-0.4, -0.2) is 17.8 Å². The molecule has 0 radical (unpaired) electrons. The molecule has 1 N–H and O–H groups in total. The van der Waals surface area contributed by atoms with Crippen LogP contribution in [0.1, 0.15) is 29.6 Å². The van der Waals surface area contributed by atoms with Crippen LogP contribution in [0, 0.1) is 29.1 Å². The number of benzene rings is 1. The molecular weight excluding hydrogens is 349 g/mol. The lowest BCUT2D eigenvalue weighted by atomic mass is 10.1. The van der Waals surface area contributed by atoms with E-state index >= 15 is 0 Å². The highest BCUT2D eigenvalue weighted by atomic mass is 79.9. The number of rotatable bonds is 6. The average Bonchev–Trinajstić information content (AvgIpc) is 2.43. The van der Waals surface area contributed by atoms with Gasteiger partial charge in [-0.1, -0.05) is 22.4 Å². The molecule has 0 atom stereocenters. The number of alkyl halides is 1. The number of unbranched alkanes of at least 4 members (excludes halogenated alkanes) is 2. The molecule has 0 aliphatic rings. The molecule has 20 heavy (non-hydrogen) atoms. The number of amides is 1. The van der Waals surface area contributed by atoms with Crippen molar-refractivity contribution in [3.05, 3.63) is 34.6 Å². The molecule has 2 nitrogen and oxygen atoms in total. The molecule has 112 valence electrons. The number of carbonyl (C=O) groups is 1. The van der Waals surface area contributed by atoms with Crippen molar-refractivity contribution in [1.29, 1.82) is 0 Å². The largest absolute Gasteiger partial charge is 0.352 e. The maximum absolute atomic E-state index is 13.3. The monoisotopic (exact) mass is 359 g/mol. The molecule has 8 heteroatoms. The first kappa shape index (κ1) is 16.9. The van der Waals surface area contributed by atoms with Gasteiger partial charge in [-0.05, 0) is 12.8 Å². The van der Waals surface area contributed by atoms with Crippen molar-refractivity contribution in [2.75, 3.05) is 11.9 Å². The van der Waals surface area contributed by atoms with E-state index in [9.17, 15) is 26.7 Å². The van der Waals surface area contributed by atoms with Crippen molar-refractivity contribution in [2.45, 2.75) is 19.3 Å². The summed E-state index contributed by atoms with van der Waals surface area (Å²) in [5.74, 6) is -12.1. The maximum atomic E-state index is 13.3. The van der Waals surface area contributed by atoms with Crippen LogP contribution in [0.2, 0.25) is 0 Å². The fraction of sp³-hybridized carbons (Fsp3) is 0.417. The predicted octanol–water partition coefficient (Wildman–Crippen LogP) is 3.68. The number of hydrogen-bond donors (Lipinski definition) is 1. The Morgan fingerprint density at radius 2 is 1.35 bits per heavy atom. The van der Waals surface area contributed by atoms with Crippen LogP contribution in [-0.2, 0) is 0 Å². The Balaban J connectivity index is 2.83. The van der Waals surface area contributed by atoms with E-state index in [1.165, 1.54) is 0 Å². The summed E-state index contributed by atoms with van der Waals surface area (Å²) in [4.78, 5) is 11.5. The molecule has 0 aromatic heterocycles. The van der Waals surface area contributed by atoms with Crippen LogP contribution in [0.25, 0.3) is 0 Å². The average molecular weight is 360 g/mol. The van der Waals surface area contributed by atoms with Gasteiger partial charge in [0.1, 0.15) is 5.56 Å². The van der Waals surface area contributed by atoms with E-state index in [-0.39, 0.29) is 6.54 Å². The van der Waals surface area contributed by atoms with Gasteiger partial charge in [0.15, 0.2) is 23.3 Å². The molecule has 0 bridgehead atoms. The number of nitrogens with one attached hydrogen (secondary N) is 1. The van der Waals surface area contributed by atoms with Crippen LogP contribution >= 0.6 is 15.9 Å². The van der Waals surface area contributed by atoms with Gasteiger partial charge in [0.2, 0.25) is 5.82 Å². The first-order chi connectivity index (χ1) is 9.41. The van der Waals surface area contributed by atoms with Gasteiger partial charge in [-0.3, -0.25) is 4.79 Å². The van der Waals surface area contributed by atoms with Gasteiger partial charge < -0.3 is 5.32 Å². The highest BCUT2D eigenvalue weighted by molar-refractivity contribution is 9.09. The molecule has 0 aliphatic heterocycles. The summed E-state index contributed by atoms with van der Waals surface area (Å²) >= 11 is 3.20. The van der Waals surface area contributed by atoms with Crippen LogP contribution in [0.5, 0.6) is 0 Å². The van der Waals surface area contributed by atoms with Gasteiger partial charge in [0, 0.05) is 11.9 Å². The van der Waals surface area contributed by atoms with E-state index in [0.29, 0.717) is 6.42 Å². The second-order valence-electron chi connectivity index (χ2n) is 3.95. The molecular formula is C12H11BrF5NO. The summed E-state index contributed by atoms with van der Waals surface area (Å²) in [6.45, 7) is 0.0886. The third-order valence-electron chi connectivity index (χ3n) is 2.53. The van der Waals surface area contributed by atoms with Gasteiger partial charge in [0.25, 0.3) is 5.91 Å². The molecule has 0 heterocycles. The highest BCUT2D eigenvalue weighted by Crippen LogP contribution is 2.22. The first-order valence-corrected chi connectivity index (χ1v) is 6.89. The highest BCUT2D eigenvalue weighted by Gasteiger charge is 2.29. The van der Waals surface area contributed by atoms with Crippen molar-refractivity contribution in [3.8, 4) is 0 Å². The zero-order valence-corrected chi connectivity index (χ0v) is 11.8. The third-order valence-corrected chi connectivity index (χ3v) is 3.09. The van der Waals surface area contributed by atoms with Crippen LogP contribution in [0.3, 0.4) is 0 Å². The lowest BCUT2D eigenvalue weighted by Crippen LogP contribution is -2.28. The van der Waals surface area contributed by atoms with E-state index in [2.05, 4.69) is 21.2 Å². The summed E-state index contributed by atoms with van der Waals surface area (Å²) in [6.07, 6.45) is 2.13. The lowest BCUT2D eigenvalue weighted by Gasteiger charge is -2.09. The van der Waals surface area contributed by atoms with Crippen LogP contribution in [0.15, 0.2) is 0 Å². The Hall–Kier alpha value is -1.18. The molecule has 0 fully saturated rings. The van der Waals surface area contributed by atoms with Crippen molar-refractivity contribution < 1.29 is 26.7 Å². The zero-order chi connectivity index (χ0) is 15.3. The smallest absolute Gasteiger partial charge is 0.257 e. The standard InChI is InChI=1S/C12H11BrF5NO/c13-4-2-1-3-5-19-12(20)6-7(14)9(16)11(18)10(17)8(6)15/h1-5H2,(H,19,20). The molecule has 0 saturated heterocycles. The minimum absolute atomic E-state index is 0.0886. The van der Waals surface area contributed by atoms with E-state index in [1.54, 1.807) is 0 Å². The van der Waals surface area contributed by atoms with Gasteiger partial charge in [-0.15, -0.1) is 0 Å². The molecule has 1 rings (SSSR count). The van der Waals surface area contributed by atoms with Crippen molar-refractivity contribution >= 4 is 21.8 Å². The summed E-state index contributed by atoms with van der Waals surface area (Å²) in [5, 5.41) is 2.90. The summed E-state index contributed by atoms with van der Waals surface area (Å²) in [6, 6.07) is 0. The van der Waals surface area contributed by atoms with E-state index in [1.807, 2.05) is 0 Å². The topological polar surface area (TPSA) is 29.1 Å². The van der Waals surface area contributed by atoms with Crippen molar-refractivity contribution in [3.63, 3.8) is 0 Å². The molecule has 0 unspecified atom stereocenters. The van der Waals surface area contributed by atoms with Crippen LogP contribution < -0.4 is 5.32 Å². The third kappa shape index (κ3) is 3.68. The SMILES string of the molecule is O=C(NCCCCCBr)c1c(F)c(F)c(F)c(F)c1F. The molecule has 0 saturated carbocycles. The first-order valence-electron chi connectivity index (χ1n) is 5.77. The minimum atomic E-state index is -2.28. The number of hydrogen-bond acceptors (Lipinski definition) is 1. The van der Waals surface area contributed by atoms with Gasteiger partial charge in [-0.25, -0.2) is 22.0 Å².